The third-order valence-corrected chi connectivity index (χ3v) is 8.17. The van der Waals surface area contributed by atoms with E-state index in [1.54, 1.807) is 13.0 Å². The second kappa shape index (κ2) is 7.16. The van der Waals surface area contributed by atoms with Gasteiger partial charge >= 0.3 is 5.97 Å². The van der Waals surface area contributed by atoms with E-state index in [-0.39, 0.29) is 17.9 Å². The molecular formula is C21H19NO4S2. The number of aliphatic carboxylic acids is 1. The normalized spacial score (nSPS) is 16.6. The van der Waals surface area contributed by atoms with Crippen LogP contribution in [0.15, 0.2) is 65.6 Å². The Balaban J connectivity index is 1.64. The maximum Gasteiger partial charge on any atom is 0.322 e. The average molecular weight is 414 g/mol. The molecule has 1 aliphatic heterocycles. The molecule has 0 bridgehead atoms. The highest BCUT2D eigenvalue weighted by Crippen LogP contribution is 2.42. The van der Waals surface area contributed by atoms with Crippen LogP contribution in [-0.4, -0.2) is 29.8 Å². The summed E-state index contributed by atoms with van der Waals surface area (Å²) in [5.41, 5.74) is 3.17. The van der Waals surface area contributed by atoms with E-state index in [0.717, 1.165) is 25.9 Å². The predicted molar refractivity (Wildman–Crippen MR) is 110 cm³/mol. The summed E-state index contributed by atoms with van der Waals surface area (Å²) in [7, 11) is -3.78. The lowest BCUT2D eigenvalue weighted by Crippen LogP contribution is -2.40. The summed E-state index contributed by atoms with van der Waals surface area (Å²) in [4.78, 5) is 13.2. The van der Waals surface area contributed by atoms with Gasteiger partial charge < -0.3 is 5.11 Å². The third kappa shape index (κ3) is 3.15. The fourth-order valence-corrected chi connectivity index (χ4v) is 6.87. The molecule has 1 unspecified atom stereocenters. The minimum atomic E-state index is -3.78. The molecule has 1 aromatic heterocycles. The van der Waals surface area contributed by atoms with E-state index in [1.807, 2.05) is 54.6 Å². The van der Waals surface area contributed by atoms with Crippen LogP contribution in [0.5, 0.6) is 0 Å². The van der Waals surface area contributed by atoms with Crippen LogP contribution in [0.3, 0.4) is 0 Å². The van der Waals surface area contributed by atoms with Crippen LogP contribution in [0.1, 0.15) is 18.2 Å². The zero-order valence-electron chi connectivity index (χ0n) is 15.2. The van der Waals surface area contributed by atoms with Crippen LogP contribution in [0.25, 0.3) is 21.6 Å². The summed E-state index contributed by atoms with van der Waals surface area (Å²) in [6.45, 7) is 1.80. The van der Waals surface area contributed by atoms with Gasteiger partial charge in [-0.15, -0.1) is 11.3 Å². The Bertz CT molecular complexity index is 1120. The van der Waals surface area contributed by atoms with Crippen molar-refractivity contribution in [3.63, 3.8) is 0 Å². The van der Waals surface area contributed by atoms with Crippen LogP contribution >= 0.6 is 11.3 Å². The van der Waals surface area contributed by atoms with Gasteiger partial charge in [0.1, 0.15) is 6.04 Å². The molecule has 2 heterocycles. The Labute approximate surface area is 167 Å². The van der Waals surface area contributed by atoms with Gasteiger partial charge in [-0.05, 0) is 29.2 Å². The van der Waals surface area contributed by atoms with E-state index in [1.165, 1.54) is 11.3 Å². The SMILES string of the molecule is CCC(C(=O)O)N1Cc2sc(-c3ccc(-c4ccccc4)cc3)cc2S1(=O)=O. The molecule has 0 aliphatic carbocycles. The molecule has 3 aromatic rings. The second-order valence-electron chi connectivity index (χ2n) is 6.65. The van der Waals surface area contributed by atoms with Crippen LogP contribution in [0.4, 0.5) is 0 Å². The van der Waals surface area contributed by atoms with Crippen molar-refractivity contribution in [3.8, 4) is 21.6 Å². The summed E-state index contributed by atoms with van der Waals surface area (Å²) in [5, 5.41) is 9.33. The van der Waals surface area contributed by atoms with Gasteiger partial charge in [0, 0.05) is 9.75 Å². The molecule has 5 nitrogen and oxygen atoms in total. The molecule has 28 heavy (non-hydrogen) atoms. The van der Waals surface area contributed by atoms with E-state index in [9.17, 15) is 18.3 Å². The molecule has 0 saturated heterocycles. The van der Waals surface area contributed by atoms with E-state index in [2.05, 4.69) is 0 Å². The van der Waals surface area contributed by atoms with Crippen LogP contribution in [0, 0.1) is 0 Å². The van der Waals surface area contributed by atoms with E-state index in [0.29, 0.717) is 4.88 Å². The Morgan fingerprint density at radius 1 is 1.07 bits per heavy atom. The van der Waals surface area contributed by atoms with Gasteiger partial charge in [-0.1, -0.05) is 61.5 Å². The lowest BCUT2D eigenvalue weighted by molar-refractivity contribution is -0.141. The van der Waals surface area contributed by atoms with Crippen LogP contribution < -0.4 is 0 Å². The van der Waals surface area contributed by atoms with Crippen molar-refractivity contribution in [1.82, 2.24) is 4.31 Å². The number of carbonyl (C=O) groups is 1. The summed E-state index contributed by atoms with van der Waals surface area (Å²) in [5.74, 6) is -1.11. The number of sulfonamides is 1. The summed E-state index contributed by atoms with van der Waals surface area (Å²) in [6.07, 6.45) is 0.233. The molecule has 0 fully saturated rings. The van der Waals surface area contributed by atoms with Crippen molar-refractivity contribution in [3.05, 3.63) is 65.5 Å². The van der Waals surface area contributed by atoms with Gasteiger partial charge in [-0.3, -0.25) is 4.79 Å². The number of carboxylic acids is 1. The van der Waals surface area contributed by atoms with Crippen molar-refractivity contribution in [1.29, 1.82) is 0 Å². The Morgan fingerprint density at radius 2 is 1.68 bits per heavy atom. The molecule has 2 aromatic carbocycles. The second-order valence-corrected chi connectivity index (χ2v) is 9.65. The number of thiophene rings is 1. The summed E-state index contributed by atoms with van der Waals surface area (Å²) < 4.78 is 26.8. The van der Waals surface area contributed by atoms with E-state index < -0.39 is 22.0 Å². The Morgan fingerprint density at radius 3 is 2.25 bits per heavy atom. The molecule has 144 valence electrons. The van der Waals surface area contributed by atoms with Gasteiger partial charge in [0.2, 0.25) is 10.0 Å². The van der Waals surface area contributed by atoms with Gasteiger partial charge in [0.25, 0.3) is 0 Å². The highest BCUT2D eigenvalue weighted by Gasteiger charge is 2.42. The maximum atomic E-state index is 12.8. The van der Waals surface area contributed by atoms with E-state index >= 15 is 0 Å². The van der Waals surface area contributed by atoms with Crippen molar-refractivity contribution in [2.75, 3.05) is 0 Å². The first-order valence-electron chi connectivity index (χ1n) is 8.95. The maximum absolute atomic E-state index is 12.8. The minimum absolute atomic E-state index is 0.120. The average Bonchev–Trinajstić information content (AvgIpc) is 3.22. The predicted octanol–water partition coefficient (Wildman–Crippen LogP) is 4.45. The molecular weight excluding hydrogens is 394 g/mol. The number of hydrogen-bond acceptors (Lipinski definition) is 4. The first kappa shape index (κ1) is 18.9. The summed E-state index contributed by atoms with van der Waals surface area (Å²) >= 11 is 1.41. The topological polar surface area (TPSA) is 74.7 Å². The molecule has 1 N–H and O–H groups in total. The highest BCUT2D eigenvalue weighted by molar-refractivity contribution is 7.89. The molecule has 0 saturated carbocycles. The smallest absolute Gasteiger partial charge is 0.322 e. The molecule has 7 heteroatoms. The number of hydrogen-bond donors (Lipinski definition) is 1. The number of benzene rings is 2. The number of rotatable bonds is 5. The monoisotopic (exact) mass is 413 g/mol. The first-order chi connectivity index (χ1) is 13.4. The first-order valence-corrected chi connectivity index (χ1v) is 11.2. The van der Waals surface area contributed by atoms with Crippen molar-refractivity contribution < 1.29 is 18.3 Å². The van der Waals surface area contributed by atoms with E-state index in [4.69, 9.17) is 0 Å². The third-order valence-electron chi connectivity index (χ3n) is 4.95. The molecule has 1 atom stereocenters. The molecule has 0 spiro atoms. The molecule has 4 rings (SSSR count). The lowest BCUT2D eigenvalue weighted by atomic mass is 10.0. The van der Waals surface area contributed by atoms with Crippen molar-refractivity contribution in [2.24, 2.45) is 0 Å². The Kier molecular flexibility index (Phi) is 4.82. The highest BCUT2D eigenvalue weighted by atomic mass is 32.2. The van der Waals surface area contributed by atoms with Crippen molar-refractivity contribution >= 4 is 27.3 Å². The van der Waals surface area contributed by atoms with Crippen molar-refractivity contribution in [2.45, 2.75) is 30.8 Å². The Hall–Kier alpha value is -2.48. The zero-order valence-corrected chi connectivity index (χ0v) is 16.8. The number of nitrogens with zero attached hydrogens (tertiary/aromatic N) is 1. The van der Waals surface area contributed by atoms with Crippen LogP contribution in [-0.2, 0) is 21.4 Å². The fourth-order valence-electron chi connectivity index (χ4n) is 3.47. The molecule has 0 radical (unpaired) electrons. The van der Waals surface area contributed by atoms with Gasteiger partial charge in [0.05, 0.1) is 11.4 Å². The fraction of sp³-hybridized carbons (Fsp3) is 0.190. The quantitative estimate of drug-likeness (QED) is 0.671. The lowest BCUT2D eigenvalue weighted by Gasteiger charge is -2.21. The number of carboxylic acid groups (broad SMARTS) is 1. The molecule has 0 amide bonds. The van der Waals surface area contributed by atoms with Gasteiger partial charge in [-0.2, -0.15) is 4.31 Å². The van der Waals surface area contributed by atoms with Gasteiger partial charge in [0.15, 0.2) is 0 Å². The minimum Gasteiger partial charge on any atom is -0.480 e. The van der Waals surface area contributed by atoms with Gasteiger partial charge in [-0.25, -0.2) is 8.42 Å². The van der Waals surface area contributed by atoms with Crippen LogP contribution in [0.2, 0.25) is 0 Å². The standard InChI is InChI=1S/C21H19NO4S2/c1-2-17(21(23)24)22-13-19-20(28(22,25)26)12-18(27-19)16-10-8-15(9-11-16)14-6-4-3-5-7-14/h3-12,17H,2,13H2,1H3,(H,23,24). The zero-order chi connectivity index (χ0) is 19.9. The largest absolute Gasteiger partial charge is 0.480 e. The molecule has 1 aliphatic rings. The summed E-state index contributed by atoms with van der Waals surface area (Å²) in [6, 6.07) is 18.7. The number of fused-ring (bicyclic) bond motifs is 1.